The predicted molar refractivity (Wildman–Crippen MR) is 85.1 cm³/mol. The number of hydrogen-bond acceptors (Lipinski definition) is 3. The number of carbonyl (C=O) groups is 1. The highest BCUT2D eigenvalue weighted by molar-refractivity contribution is 9.10. The molecule has 0 saturated heterocycles. The quantitative estimate of drug-likeness (QED) is 0.853. The van der Waals surface area contributed by atoms with Crippen molar-refractivity contribution in [3.05, 3.63) is 52.5 Å². The number of aromatic nitrogens is 1. The van der Waals surface area contributed by atoms with Crippen LogP contribution in [0.25, 0.3) is 0 Å². The summed E-state index contributed by atoms with van der Waals surface area (Å²) >= 11 is 3.17. The minimum Gasteiger partial charge on any atom is -0.384 e. The van der Waals surface area contributed by atoms with Crippen LogP contribution in [0.4, 0.5) is 15.8 Å². The lowest BCUT2D eigenvalue weighted by molar-refractivity contribution is 0.102. The number of halogens is 2. The van der Waals surface area contributed by atoms with Gasteiger partial charge in [-0.15, -0.1) is 0 Å². The van der Waals surface area contributed by atoms with Gasteiger partial charge in [-0.25, -0.2) is 4.39 Å². The van der Waals surface area contributed by atoms with Gasteiger partial charge in [-0.2, -0.15) is 0 Å². The molecule has 2 rings (SSSR count). The van der Waals surface area contributed by atoms with Crippen molar-refractivity contribution in [3.8, 4) is 0 Å². The molecule has 1 heterocycles. The Morgan fingerprint density at radius 1 is 1.33 bits per heavy atom. The Kier molecular flexibility index (Phi) is 5.27. The van der Waals surface area contributed by atoms with Crippen molar-refractivity contribution in [2.75, 3.05) is 17.2 Å². The lowest BCUT2D eigenvalue weighted by atomic mass is 10.2. The molecule has 0 bridgehead atoms. The molecule has 1 aromatic carbocycles. The third-order valence-corrected chi connectivity index (χ3v) is 3.30. The Morgan fingerprint density at radius 2 is 2.14 bits per heavy atom. The van der Waals surface area contributed by atoms with Gasteiger partial charge in [0.15, 0.2) is 0 Å². The second kappa shape index (κ2) is 7.17. The highest BCUT2D eigenvalue weighted by Crippen LogP contribution is 2.21. The van der Waals surface area contributed by atoms with E-state index in [4.69, 9.17) is 0 Å². The largest absolute Gasteiger partial charge is 0.384 e. The first-order valence-corrected chi connectivity index (χ1v) is 7.35. The van der Waals surface area contributed by atoms with E-state index in [0.29, 0.717) is 15.7 Å². The van der Waals surface area contributed by atoms with Gasteiger partial charge in [0, 0.05) is 23.4 Å². The van der Waals surface area contributed by atoms with Crippen molar-refractivity contribution in [2.24, 2.45) is 0 Å². The van der Waals surface area contributed by atoms with Gasteiger partial charge in [-0.05, 0) is 30.7 Å². The van der Waals surface area contributed by atoms with Crippen LogP contribution in [0.15, 0.2) is 41.1 Å². The number of benzene rings is 1. The van der Waals surface area contributed by atoms with Crippen molar-refractivity contribution >= 4 is 33.2 Å². The van der Waals surface area contributed by atoms with Crippen LogP contribution in [-0.2, 0) is 0 Å². The summed E-state index contributed by atoms with van der Waals surface area (Å²) in [6.07, 6.45) is 4.00. The van der Waals surface area contributed by atoms with E-state index in [1.54, 1.807) is 18.3 Å². The van der Waals surface area contributed by atoms with Crippen molar-refractivity contribution in [2.45, 2.75) is 13.3 Å². The van der Waals surface area contributed by atoms with Gasteiger partial charge in [0.1, 0.15) is 5.82 Å². The highest BCUT2D eigenvalue weighted by atomic mass is 79.9. The Balaban J connectivity index is 2.20. The molecule has 1 aromatic heterocycles. The summed E-state index contributed by atoms with van der Waals surface area (Å²) in [7, 11) is 0. The van der Waals surface area contributed by atoms with Gasteiger partial charge in [0.05, 0.1) is 16.9 Å². The third kappa shape index (κ3) is 4.01. The van der Waals surface area contributed by atoms with E-state index in [1.807, 2.05) is 6.92 Å². The van der Waals surface area contributed by atoms with Crippen LogP contribution in [0.3, 0.4) is 0 Å². The monoisotopic (exact) mass is 351 g/mol. The van der Waals surface area contributed by atoms with Crippen molar-refractivity contribution in [1.82, 2.24) is 4.98 Å². The molecule has 0 fully saturated rings. The number of pyridine rings is 1. The lowest BCUT2D eigenvalue weighted by Crippen LogP contribution is -2.16. The fourth-order valence-corrected chi connectivity index (χ4v) is 2.10. The van der Waals surface area contributed by atoms with Crippen LogP contribution in [0.2, 0.25) is 0 Å². The molecule has 0 unspecified atom stereocenters. The minimum atomic E-state index is -0.496. The molecule has 2 aromatic rings. The fourth-order valence-electron chi connectivity index (χ4n) is 1.77. The molecular formula is C15H15BrFN3O. The van der Waals surface area contributed by atoms with Gasteiger partial charge >= 0.3 is 0 Å². The van der Waals surface area contributed by atoms with Crippen LogP contribution in [-0.4, -0.2) is 17.4 Å². The van der Waals surface area contributed by atoms with E-state index in [0.717, 1.165) is 13.0 Å². The summed E-state index contributed by atoms with van der Waals surface area (Å²) in [5, 5.41) is 5.71. The zero-order valence-corrected chi connectivity index (χ0v) is 13.1. The predicted octanol–water partition coefficient (Wildman–Crippen LogP) is 4.06. The molecule has 0 aliphatic carbocycles. The molecule has 4 nitrogen and oxygen atoms in total. The van der Waals surface area contributed by atoms with Gasteiger partial charge in [0.25, 0.3) is 5.91 Å². The van der Waals surface area contributed by atoms with Gasteiger partial charge in [-0.1, -0.05) is 22.9 Å². The first kappa shape index (κ1) is 15.4. The van der Waals surface area contributed by atoms with Crippen molar-refractivity contribution in [3.63, 3.8) is 0 Å². The van der Waals surface area contributed by atoms with Crippen molar-refractivity contribution in [1.29, 1.82) is 0 Å². The zero-order valence-electron chi connectivity index (χ0n) is 11.5. The molecule has 0 spiro atoms. The number of nitrogens with one attached hydrogen (secondary N) is 2. The SMILES string of the molecule is CCCNc1ccncc1C(=O)Nc1ccc(Br)cc1F. The lowest BCUT2D eigenvalue weighted by Gasteiger charge is -2.11. The minimum absolute atomic E-state index is 0.133. The molecule has 0 saturated carbocycles. The summed E-state index contributed by atoms with van der Waals surface area (Å²) in [5.74, 6) is -0.896. The second-order valence-electron chi connectivity index (χ2n) is 4.43. The van der Waals surface area contributed by atoms with E-state index in [9.17, 15) is 9.18 Å². The second-order valence-corrected chi connectivity index (χ2v) is 5.34. The Labute approximate surface area is 130 Å². The first-order valence-electron chi connectivity index (χ1n) is 6.56. The van der Waals surface area contributed by atoms with Crippen LogP contribution in [0.5, 0.6) is 0 Å². The van der Waals surface area contributed by atoms with E-state index in [1.165, 1.54) is 18.3 Å². The topological polar surface area (TPSA) is 54.0 Å². The first-order chi connectivity index (χ1) is 10.1. The van der Waals surface area contributed by atoms with E-state index < -0.39 is 11.7 Å². The molecule has 1 amide bonds. The summed E-state index contributed by atoms with van der Waals surface area (Å²) in [4.78, 5) is 16.2. The Hall–Kier alpha value is -1.95. The Morgan fingerprint density at radius 3 is 2.86 bits per heavy atom. The molecule has 0 aliphatic heterocycles. The molecule has 21 heavy (non-hydrogen) atoms. The standard InChI is InChI=1S/C15H15BrFN3O/c1-2-6-19-13-5-7-18-9-11(13)15(21)20-14-4-3-10(16)8-12(14)17/h3-5,7-9H,2,6H2,1H3,(H,18,19)(H,20,21). The van der Waals surface area contributed by atoms with Crippen LogP contribution in [0.1, 0.15) is 23.7 Å². The number of carbonyl (C=O) groups excluding carboxylic acids is 1. The summed E-state index contributed by atoms with van der Waals surface area (Å²) in [6.45, 7) is 2.78. The maximum atomic E-state index is 13.8. The van der Waals surface area contributed by atoms with E-state index >= 15 is 0 Å². The van der Waals surface area contributed by atoms with Gasteiger partial charge < -0.3 is 10.6 Å². The molecule has 0 radical (unpaired) electrons. The smallest absolute Gasteiger partial charge is 0.259 e. The molecule has 2 N–H and O–H groups in total. The normalized spacial score (nSPS) is 10.2. The number of nitrogens with zero attached hydrogens (tertiary/aromatic N) is 1. The van der Waals surface area contributed by atoms with E-state index in [-0.39, 0.29) is 5.69 Å². The maximum absolute atomic E-state index is 13.8. The molecule has 6 heteroatoms. The summed E-state index contributed by atoms with van der Waals surface area (Å²) in [6, 6.07) is 6.20. The average Bonchev–Trinajstić information content (AvgIpc) is 2.48. The van der Waals surface area contributed by atoms with Gasteiger partial charge in [-0.3, -0.25) is 9.78 Å². The van der Waals surface area contributed by atoms with Crippen LogP contribution < -0.4 is 10.6 Å². The third-order valence-electron chi connectivity index (χ3n) is 2.81. The van der Waals surface area contributed by atoms with Crippen LogP contribution in [0, 0.1) is 5.82 Å². The van der Waals surface area contributed by atoms with Crippen molar-refractivity contribution < 1.29 is 9.18 Å². The average molecular weight is 352 g/mol. The summed E-state index contributed by atoms with van der Waals surface area (Å²) < 4.78 is 14.4. The number of amides is 1. The molecular weight excluding hydrogens is 337 g/mol. The fraction of sp³-hybridized carbons (Fsp3) is 0.200. The number of rotatable bonds is 5. The number of anilines is 2. The van der Waals surface area contributed by atoms with E-state index in [2.05, 4.69) is 31.5 Å². The Bertz CT molecular complexity index is 649. The van der Waals surface area contributed by atoms with Crippen LogP contribution >= 0.6 is 15.9 Å². The van der Waals surface area contributed by atoms with Gasteiger partial charge in [0.2, 0.25) is 0 Å². The summed E-state index contributed by atoms with van der Waals surface area (Å²) in [5.41, 5.74) is 1.20. The molecule has 0 aliphatic rings. The maximum Gasteiger partial charge on any atom is 0.259 e. The zero-order chi connectivity index (χ0) is 15.2. The number of hydrogen-bond donors (Lipinski definition) is 2. The highest BCUT2D eigenvalue weighted by Gasteiger charge is 2.13. The molecule has 0 atom stereocenters. The molecule has 110 valence electrons.